The molecule has 0 saturated heterocycles. The molecule has 9 rings (SSSR count). The number of hydrogen-bond donors (Lipinski definition) is 0. The first kappa shape index (κ1) is 18.4. The minimum absolute atomic E-state index is 0.890. The van der Waals surface area contributed by atoms with Crippen LogP contribution in [0.3, 0.4) is 0 Å². The van der Waals surface area contributed by atoms with Crippen molar-refractivity contribution in [2.75, 3.05) is 0 Å². The van der Waals surface area contributed by atoms with Gasteiger partial charge in [0, 0.05) is 26.9 Å². The van der Waals surface area contributed by atoms with Crippen LogP contribution in [0.5, 0.6) is 0 Å². The summed E-state index contributed by atoms with van der Waals surface area (Å²) in [4.78, 5) is 10.3. The number of nitrogens with zero attached hydrogens (tertiary/aromatic N) is 3. The van der Waals surface area contributed by atoms with Crippen molar-refractivity contribution in [3.05, 3.63) is 103 Å². The van der Waals surface area contributed by atoms with Gasteiger partial charge in [0.25, 0.3) is 0 Å². The fraction of sp³-hybridized carbons (Fsp3) is 0. The number of furan rings is 1. The maximum absolute atomic E-state index is 6.21. The van der Waals surface area contributed by atoms with E-state index in [1.54, 1.807) is 0 Å². The second-order valence-corrected chi connectivity index (χ2v) is 9.43. The van der Waals surface area contributed by atoms with Crippen molar-refractivity contribution < 1.29 is 4.42 Å². The molecule has 0 bridgehead atoms. The highest BCUT2D eigenvalue weighted by atomic mass is 16.3. The summed E-state index contributed by atoms with van der Waals surface area (Å²) in [5.74, 6) is 0. The number of rotatable bonds is 1. The van der Waals surface area contributed by atoms with Gasteiger partial charge < -0.3 is 4.42 Å². The Bertz CT molecular complexity index is 2310. The van der Waals surface area contributed by atoms with E-state index in [9.17, 15) is 0 Å². The zero-order valence-corrected chi connectivity index (χ0v) is 19.1. The molecule has 0 saturated carbocycles. The van der Waals surface area contributed by atoms with Crippen LogP contribution >= 0.6 is 0 Å². The molecule has 4 heterocycles. The molecule has 166 valence electrons. The molecule has 0 amide bonds. The van der Waals surface area contributed by atoms with Gasteiger partial charge in [-0.1, -0.05) is 72.8 Å². The Labute approximate surface area is 204 Å². The Hall–Kier alpha value is -4.96. The first-order chi connectivity index (χ1) is 17.8. The topological polar surface area (TPSA) is 43.3 Å². The van der Waals surface area contributed by atoms with Crippen molar-refractivity contribution in [3.8, 4) is 11.1 Å². The van der Waals surface area contributed by atoms with Crippen LogP contribution in [-0.2, 0) is 0 Å². The van der Waals surface area contributed by atoms with Crippen molar-refractivity contribution in [1.29, 1.82) is 0 Å². The van der Waals surface area contributed by atoms with Crippen LogP contribution < -0.4 is 0 Å². The van der Waals surface area contributed by atoms with Gasteiger partial charge >= 0.3 is 0 Å². The highest BCUT2D eigenvalue weighted by molar-refractivity contribution is 6.31. The van der Waals surface area contributed by atoms with E-state index in [4.69, 9.17) is 14.4 Å². The van der Waals surface area contributed by atoms with Gasteiger partial charge in [-0.25, -0.2) is 9.97 Å². The molecule has 9 aromatic rings. The van der Waals surface area contributed by atoms with Gasteiger partial charge in [-0.2, -0.15) is 0 Å². The number of fused-ring (bicyclic) bond motifs is 11. The molecule has 0 fully saturated rings. The summed E-state index contributed by atoms with van der Waals surface area (Å²) in [6.07, 6.45) is 0. The third-order valence-corrected chi connectivity index (χ3v) is 7.51. The van der Waals surface area contributed by atoms with Crippen LogP contribution in [0.1, 0.15) is 0 Å². The normalized spacial score (nSPS) is 12.4. The molecule has 0 unspecified atom stereocenters. The lowest BCUT2D eigenvalue weighted by molar-refractivity contribution is 0.669. The van der Waals surface area contributed by atoms with Gasteiger partial charge in [-0.05, 0) is 41.5 Å². The van der Waals surface area contributed by atoms with Crippen molar-refractivity contribution in [1.82, 2.24) is 14.4 Å². The fourth-order valence-corrected chi connectivity index (χ4v) is 5.97. The Morgan fingerprint density at radius 1 is 0.556 bits per heavy atom. The van der Waals surface area contributed by atoms with E-state index in [0.717, 1.165) is 60.6 Å². The summed E-state index contributed by atoms with van der Waals surface area (Å²) in [6.45, 7) is 0. The number of para-hydroxylation sites is 2. The predicted octanol–water partition coefficient (Wildman–Crippen LogP) is 8.35. The zero-order chi connectivity index (χ0) is 23.4. The second-order valence-electron chi connectivity index (χ2n) is 9.43. The lowest BCUT2D eigenvalue weighted by Crippen LogP contribution is -1.90. The summed E-state index contributed by atoms with van der Waals surface area (Å²) in [7, 11) is 0. The SMILES string of the molecule is c1ccc(-c2ccc3nc4c5cccc6c7c8c(ccc7n(c4nc3c2)c56)oc2ccccc28)cc1. The highest BCUT2D eigenvalue weighted by Crippen LogP contribution is 2.43. The molecule has 0 radical (unpaired) electrons. The van der Waals surface area contributed by atoms with Gasteiger partial charge in [0.1, 0.15) is 16.7 Å². The summed E-state index contributed by atoms with van der Waals surface area (Å²) >= 11 is 0. The van der Waals surface area contributed by atoms with E-state index < -0.39 is 0 Å². The first-order valence-electron chi connectivity index (χ1n) is 12.1. The molecular weight excluding hydrogens is 442 g/mol. The number of benzene rings is 5. The van der Waals surface area contributed by atoms with Crippen LogP contribution in [0, 0.1) is 0 Å². The smallest absolute Gasteiger partial charge is 0.165 e. The largest absolute Gasteiger partial charge is 0.456 e. The summed E-state index contributed by atoms with van der Waals surface area (Å²) in [5.41, 5.74) is 10.1. The van der Waals surface area contributed by atoms with Crippen molar-refractivity contribution >= 4 is 71.3 Å². The van der Waals surface area contributed by atoms with E-state index in [-0.39, 0.29) is 0 Å². The second kappa shape index (κ2) is 6.37. The predicted molar refractivity (Wildman–Crippen MR) is 147 cm³/mol. The van der Waals surface area contributed by atoms with Gasteiger partial charge in [-0.15, -0.1) is 0 Å². The van der Waals surface area contributed by atoms with E-state index in [1.165, 1.54) is 21.9 Å². The first-order valence-corrected chi connectivity index (χ1v) is 12.1. The Kier molecular flexibility index (Phi) is 3.25. The van der Waals surface area contributed by atoms with Gasteiger partial charge in [-0.3, -0.25) is 4.40 Å². The molecule has 0 spiro atoms. The van der Waals surface area contributed by atoms with E-state index in [0.29, 0.717) is 0 Å². The minimum Gasteiger partial charge on any atom is -0.456 e. The Morgan fingerprint density at radius 3 is 2.33 bits per heavy atom. The fourth-order valence-electron chi connectivity index (χ4n) is 5.97. The van der Waals surface area contributed by atoms with Crippen molar-refractivity contribution in [3.63, 3.8) is 0 Å². The summed E-state index contributed by atoms with van der Waals surface area (Å²) in [6, 6.07) is 35.8. The molecule has 0 aliphatic rings. The van der Waals surface area contributed by atoms with Crippen LogP contribution in [0.25, 0.3) is 82.5 Å². The van der Waals surface area contributed by atoms with Crippen molar-refractivity contribution in [2.24, 2.45) is 0 Å². The number of aromatic nitrogens is 3. The van der Waals surface area contributed by atoms with E-state index in [1.807, 2.05) is 18.2 Å². The minimum atomic E-state index is 0.890. The van der Waals surface area contributed by atoms with Crippen LogP contribution in [-0.4, -0.2) is 14.4 Å². The maximum Gasteiger partial charge on any atom is 0.165 e. The van der Waals surface area contributed by atoms with Crippen LogP contribution in [0.15, 0.2) is 108 Å². The molecule has 36 heavy (non-hydrogen) atoms. The Balaban J connectivity index is 1.47. The molecule has 0 atom stereocenters. The van der Waals surface area contributed by atoms with Crippen LogP contribution in [0.2, 0.25) is 0 Å². The molecule has 4 heteroatoms. The summed E-state index contributed by atoms with van der Waals surface area (Å²) in [5, 5.41) is 5.84. The molecule has 4 nitrogen and oxygen atoms in total. The molecule has 5 aromatic carbocycles. The van der Waals surface area contributed by atoms with Gasteiger partial charge in [0.05, 0.1) is 22.1 Å². The molecule has 4 aromatic heterocycles. The van der Waals surface area contributed by atoms with E-state index >= 15 is 0 Å². The molecule has 0 aliphatic heterocycles. The average Bonchev–Trinajstić information content (AvgIpc) is 3.58. The zero-order valence-electron chi connectivity index (χ0n) is 19.1. The monoisotopic (exact) mass is 459 g/mol. The quantitative estimate of drug-likeness (QED) is 0.248. The Morgan fingerprint density at radius 2 is 1.39 bits per heavy atom. The third-order valence-electron chi connectivity index (χ3n) is 7.51. The third kappa shape index (κ3) is 2.19. The molecule has 0 N–H and O–H groups in total. The van der Waals surface area contributed by atoms with E-state index in [2.05, 4.69) is 89.3 Å². The summed E-state index contributed by atoms with van der Waals surface area (Å²) < 4.78 is 8.50. The molecule has 0 aliphatic carbocycles. The highest BCUT2D eigenvalue weighted by Gasteiger charge is 2.22. The number of hydrogen-bond acceptors (Lipinski definition) is 3. The average molecular weight is 460 g/mol. The molecular formula is C32H17N3O. The lowest BCUT2D eigenvalue weighted by Gasteiger charge is -2.04. The van der Waals surface area contributed by atoms with Crippen LogP contribution in [0.4, 0.5) is 0 Å². The van der Waals surface area contributed by atoms with Gasteiger partial charge in [0.15, 0.2) is 5.65 Å². The standard InChI is InChI=1S/C32H17N3O/c1-2-7-18(8-3-1)19-13-14-23-24(17-19)34-32-30(33-23)22-11-6-10-21-28-25(35(32)31(21)22)15-16-27-29(28)20-9-4-5-12-26(20)36-27/h1-17H. The van der Waals surface area contributed by atoms with Crippen molar-refractivity contribution in [2.45, 2.75) is 0 Å². The lowest BCUT2D eigenvalue weighted by atomic mass is 10.0. The maximum atomic E-state index is 6.21. The van der Waals surface area contributed by atoms with Gasteiger partial charge in [0.2, 0.25) is 0 Å².